The summed E-state index contributed by atoms with van der Waals surface area (Å²) in [6.07, 6.45) is 1.05. The molecule has 1 aromatic heterocycles. The molecule has 4 heteroatoms. The minimum Gasteiger partial charge on any atom is -0.493 e. The van der Waals surface area contributed by atoms with Crippen molar-refractivity contribution in [3.8, 4) is 5.75 Å². The van der Waals surface area contributed by atoms with Crippen LogP contribution in [0.25, 0.3) is 0 Å². The molecular formula is C16H18BrNOS. The number of halogens is 1. The highest BCUT2D eigenvalue weighted by Crippen LogP contribution is 2.37. The number of likely N-dealkylation sites (N-methyl/N-ethyl adjacent to an activating group) is 1. The molecule has 0 spiro atoms. The molecule has 1 aromatic carbocycles. The van der Waals surface area contributed by atoms with Gasteiger partial charge < -0.3 is 10.1 Å². The lowest BCUT2D eigenvalue weighted by atomic mass is 9.91. The van der Waals surface area contributed by atoms with Gasteiger partial charge in [-0.3, -0.25) is 0 Å². The van der Waals surface area contributed by atoms with Gasteiger partial charge in [-0.05, 0) is 47.1 Å². The summed E-state index contributed by atoms with van der Waals surface area (Å²) in [5.41, 5.74) is 1.34. The molecule has 0 saturated heterocycles. The second-order valence-corrected chi connectivity index (χ2v) is 7.58. The van der Waals surface area contributed by atoms with Crippen LogP contribution in [0.5, 0.6) is 5.75 Å². The van der Waals surface area contributed by atoms with Crippen LogP contribution >= 0.6 is 27.3 Å². The molecule has 0 fully saturated rings. The quantitative estimate of drug-likeness (QED) is 0.871. The maximum atomic E-state index is 5.84. The Morgan fingerprint density at radius 1 is 1.35 bits per heavy atom. The van der Waals surface area contributed by atoms with Crippen LogP contribution < -0.4 is 10.1 Å². The van der Waals surface area contributed by atoms with Crippen molar-refractivity contribution < 1.29 is 4.74 Å². The smallest absolute Gasteiger partial charge is 0.122 e. The summed E-state index contributed by atoms with van der Waals surface area (Å²) in [6, 6.07) is 13.2. The van der Waals surface area contributed by atoms with Crippen LogP contribution in [-0.2, 0) is 6.42 Å². The van der Waals surface area contributed by atoms with Crippen molar-refractivity contribution in [3.63, 3.8) is 0 Å². The van der Waals surface area contributed by atoms with Crippen molar-refractivity contribution >= 4 is 27.3 Å². The van der Waals surface area contributed by atoms with Gasteiger partial charge in [0.2, 0.25) is 0 Å². The lowest BCUT2D eigenvalue weighted by molar-refractivity contribution is 0.298. The summed E-state index contributed by atoms with van der Waals surface area (Å²) in [5, 5.41) is 3.63. The van der Waals surface area contributed by atoms with Gasteiger partial charge in [-0.1, -0.05) is 25.1 Å². The lowest BCUT2D eigenvalue weighted by Crippen LogP contribution is -2.37. The Bertz CT molecular complexity index is 583. The van der Waals surface area contributed by atoms with Crippen molar-refractivity contribution in [2.45, 2.75) is 25.3 Å². The summed E-state index contributed by atoms with van der Waals surface area (Å²) in [5.74, 6) is 1.49. The largest absolute Gasteiger partial charge is 0.493 e. The van der Waals surface area contributed by atoms with Crippen LogP contribution in [0.1, 0.15) is 23.3 Å². The molecule has 106 valence electrons. The van der Waals surface area contributed by atoms with Crippen molar-refractivity contribution in [1.29, 1.82) is 0 Å². The highest BCUT2D eigenvalue weighted by atomic mass is 79.9. The van der Waals surface area contributed by atoms with E-state index >= 15 is 0 Å². The number of hydrogen-bond acceptors (Lipinski definition) is 3. The van der Waals surface area contributed by atoms with Gasteiger partial charge in [0.1, 0.15) is 5.75 Å². The fraction of sp³-hybridized carbons (Fsp3) is 0.375. The maximum absolute atomic E-state index is 5.84. The lowest BCUT2D eigenvalue weighted by Gasteiger charge is -2.23. The minimum absolute atomic E-state index is 0.425. The van der Waals surface area contributed by atoms with Crippen molar-refractivity contribution in [3.05, 3.63) is 50.6 Å². The fourth-order valence-corrected chi connectivity index (χ4v) is 4.36. The van der Waals surface area contributed by atoms with Crippen LogP contribution in [0.2, 0.25) is 0 Å². The molecule has 2 atom stereocenters. The first-order chi connectivity index (χ1) is 9.78. The van der Waals surface area contributed by atoms with E-state index in [9.17, 15) is 0 Å². The van der Waals surface area contributed by atoms with E-state index in [2.05, 4.69) is 58.5 Å². The van der Waals surface area contributed by atoms with Crippen LogP contribution in [-0.4, -0.2) is 19.2 Å². The average Bonchev–Trinajstić information content (AvgIpc) is 3.04. The number of rotatable bonds is 5. The topological polar surface area (TPSA) is 21.3 Å². The summed E-state index contributed by atoms with van der Waals surface area (Å²) in [7, 11) is 0. The second-order valence-electron chi connectivity index (χ2n) is 5.03. The zero-order valence-electron chi connectivity index (χ0n) is 11.4. The molecule has 3 rings (SSSR count). The first kappa shape index (κ1) is 14.1. The third-order valence-electron chi connectivity index (χ3n) is 3.74. The number of fused-ring (bicyclic) bond motifs is 1. The SMILES string of the molecule is CCNC(Cc1ccc(Br)s1)C1COc2ccccc21. The highest BCUT2D eigenvalue weighted by Gasteiger charge is 2.31. The Morgan fingerprint density at radius 3 is 2.95 bits per heavy atom. The summed E-state index contributed by atoms with van der Waals surface area (Å²) in [6.45, 7) is 3.93. The molecule has 2 heterocycles. The molecule has 0 amide bonds. The molecule has 20 heavy (non-hydrogen) atoms. The van der Waals surface area contributed by atoms with Gasteiger partial charge >= 0.3 is 0 Å². The van der Waals surface area contributed by atoms with E-state index < -0.39 is 0 Å². The summed E-state index contributed by atoms with van der Waals surface area (Å²) >= 11 is 5.36. The van der Waals surface area contributed by atoms with E-state index in [4.69, 9.17) is 4.74 Å². The molecular weight excluding hydrogens is 334 g/mol. The first-order valence-corrected chi connectivity index (χ1v) is 8.58. The van der Waals surface area contributed by atoms with Gasteiger partial charge in [0.25, 0.3) is 0 Å². The van der Waals surface area contributed by atoms with E-state index in [1.807, 2.05) is 17.4 Å². The van der Waals surface area contributed by atoms with E-state index in [0.717, 1.165) is 25.3 Å². The molecule has 0 saturated carbocycles. The second kappa shape index (κ2) is 6.29. The number of para-hydroxylation sites is 1. The van der Waals surface area contributed by atoms with Crippen LogP contribution in [0.15, 0.2) is 40.2 Å². The van der Waals surface area contributed by atoms with Gasteiger partial charge in [0.05, 0.1) is 10.4 Å². The minimum atomic E-state index is 0.425. The van der Waals surface area contributed by atoms with Crippen LogP contribution in [0.4, 0.5) is 0 Å². The molecule has 0 radical (unpaired) electrons. The van der Waals surface area contributed by atoms with E-state index in [1.54, 1.807) is 0 Å². The van der Waals surface area contributed by atoms with Gasteiger partial charge in [-0.2, -0.15) is 0 Å². The standard InChI is InChI=1S/C16H18BrNOS/c1-2-18-14(9-11-7-8-16(17)20-11)13-10-19-15-6-4-3-5-12(13)15/h3-8,13-14,18H,2,9-10H2,1H3. The third kappa shape index (κ3) is 2.92. The number of benzene rings is 1. The van der Waals surface area contributed by atoms with Gasteiger partial charge in [-0.25, -0.2) is 0 Å². The monoisotopic (exact) mass is 351 g/mol. The number of ether oxygens (including phenoxy) is 1. The van der Waals surface area contributed by atoms with Crippen LogP contribution in [0, 0.1) is 0 Å². The van der Waals surface area contributed by atoms with Crippen molar-refractivity contribution in [2.75, 3.05) is 13.2 Å². The molecule has 2 nitrogen and oxygen atoms in total. The molecule has 0 aliphatic carbocycles. The Balaban J connectivity index is 1.81. The summed E-state index contributed by atoms with van der Waals surface area (Å²) < 4.78 is 7.04. The predicted molar refractivity (Wildman–Crippen MR) is 87.9 cm³/mol. The predicted octanol–water partition coefficient (Wildman–Crippen LogP) is 4.21. The molecule has 1 aliphatic rings. The highest BCUT2D eigenvalue weighted by molar-refractivity contribution is 9.11. The van der Waals surface area contributed by atoms with Crippen molar-refractivity contribution in [1.82, 2.24) is 5.32 Å². The molecule has 2 aromatic rings. The van der Waals surface area contributed by atoms with Crippen molar-refractivity contribution in [2.24, 2.45) is 0 Å². The number of nitrogens with one attached hydrogen (secondary N) is 1. The Kier molecular flexibility index (Phi) is 4.44. The third-order valence-corrected chi connectivity index (χ3v) is 5.38. The zero-order chi connectivity index (χ0) is 13.9. The van der Waals surface area contributed by atoms with E-state index in [-0.39, 0.29) is 0 Å². The first-order valence-electron chi connectivity index (χ1n) is 6.97. The van der Waals surface area contributed by atoms with E-state index in [0.29, 0.717) is 12.0 Å². The Hall–Kier alpha value is -0.840. The Morgan fingerprint density at radius 2 is 2.20 bits per heavy atom. The van der Waals surface area contributed by atoms with Crippen LogP contribution in [0.3, 0.4) is 0 Å². The maximum Gasteiger partial charge on any atom is 0.122 e. The normalized spacial score (nSPS) is 18.6. The Labute approximate surface area is 132 Å². The van der Waals surface area contributed by atoms with E-state index in [1.165, 1.54) is 14.2 Å². The average molecular weight is 352 g/mol. The molecule has 2 unspecified atom stereocenters. The summed E-state index contributed by atoms with van der Waals surface area (Å²) in [4.78, 5) is 1.41. The van der Waals surface area contributed by atoms with Gasteiger partial charge in [0, 0.05) is 22.4 Å². The number of hydrogen-bond donors (Lipinski definition) is 1. The fourth-order valence-electron chi connectivity index (χ4n) is 2.82. The number of thiophene rings is 1. The zero-order valence-corrected chi connectivity index (χ0v) is 13.8. The molecule has 1 N–H and O–H groups in total. The molecule has 1 aliphatic heterocycles. The molecule has 0 bridgehead atoms. The van der Waals surface area contributed by atoms with Gasteiger partial charge in [0.15, 0.2) is 0 Å². The van der Waals surface area contributed by atoms with Gasteiger partial charge in [-0.15, -0.1) is 11.3 Å².